The van der Waals surface area contributed by atoms with E-state index in [2.05, 4.69) is 4.98 Å². The second-order valence-corrected chi connectivity index (χ2v) is 5.35. The van der Waals surface area contributed by atoms with E-state index >= 15 is 0 Å². The fourth-order valence-electron chi connectivity index (χ4n) is 2.46. The number of benzene rings is 1. The van der Waals surface area contributed by atoms with Crippen LogP contribution in [0.25, 0.3) is 10.9 Å². The van der Waals surface area contributed by atoms with E-state index in [1.54, 1.807) is 12.1 Å². The summed E-state index contributed by atoms with van der Waals surface area (Å²) in [6, 6.07) is 6.20. The van der Waals surface area contributed by atoms with Gasteiger partial charge < -0.3 is 5.11 Å². The van der Waals surface area contributed by atoms with Crippen LogP contribution in [0.2, 0.25) is 0 Å². The first-order chi connectivity index (χ1) is 9.91. The van der Waals surface area contributed by atoms with Crippen LogP contribution in [0.1, 0.15) is 31.7 Å². The van der Waals surface area contributed by atoms with Gasteiger partial charge in [0.2, 0.25) is 0 Å². The molecule has 1 aromatic heterocycles. The topological polar surface area (TPSA) is 93.3 Å². The summed E-state index contributed by atoms with van der Waals surface area (Å²) in [5.74, 6) is -1.42. The number of rotatable bonds is 5. The second kappa shape index (κ2) is 5.87. The Kier molecular flexibility index (Phi) is 4.16. The molecule has 1 heterocycles. The SMILES string of the molecule is CC(C)CC(C(=O)O)c1ccc([N+](=O)[O-])c2ncccc12. The van der Waals surface area contributed by atoms with Crippen molar-refractivity contribution in [1.29, 1.82) is 0 Å². The quantitative estimate of drug-likeness (QED) is 0.672. The third kappa shape index (κ3) is 2.99. The molecule has 0 saturated carbocycles. The molecule has 1 unspecified atom stereocenters. The van der Waals surface area contributed by atoms with Crippen molar-refractivity contribution in [1.82, 2.24) is 4.98 Å². The van der Waals surface area contributed by atoms with E-state index in [0.717, 1.165) is 0 Å². The summed E-state index contributed by atoms with van der Waals surface area (Å²) in [4.78, 5) is 26.1. The maximum Gasteiger partial charge on any atom is 0.311 e. The number of hydrogen-bond donors (Lipinski definition) is 1. The average molecular weight is 288 g/mol. The molecule has 6 nitrogen and oxygen atoms in total. The first kappa shape index (κ1) is 14.9. The number of nitro groups is 1. The lowest BCUT2D eigenvalue weighted by atomic mass is 9.88. The fourth-order valence-corrected chi connectivity index (χ4v) is 2.46. The van der Waals surface area contributed by atoms with Crippen LogP contribution in [-0.4, -0.2) is 21.0 Å². The molecular formula is C15H16N2O4. The van der Waals surface area contributed by atoms with Crippen molar-refractivity contribution < 1.29 is 14.8 Å². The lowest BCUT2D eigenvalue weighted by molar-refractivity contribution is -0.383. The number of hydrogen-bond acceptors (Lipinski definition) is 4. The molecular weight excluding hydrogens is 272 g/mol. The third-order valence-electron chi connectivity index (χ3n) is 3.36. The van der Waals surface area contributed by atoms with Crippen LogP contribution in [0.15, 0.2) is 30.5 Å². The number of non-ortho nitro benzene ring substituents is 1. The molecule has 0 aliphatic rings. The molecule has 0 bridgehead atoms. The summed E-state index contributed by atoms with van der Waals surface area (Å²) < 4.78 is 0. The van der Waals surface area contributed by atoms with E-state index in [1.165, 1.54) is 18.3 Å². The largest absolute Gasteiger partial charge is 0.481 e. The Morgan fingerprint density at radius 2 is 2.10 bits per heavy atom. The molecule has 0 spiro atoms. The van der Waals surface area contributed by atoms with Crippen LogP contribution < -0.4 is 0 Å². The van der Waals surface area contributed by atoms with Gasteiger partial charge in [0.05, 0.1) is 10.8 Å². The van der Waals surface area contributed by atoms with Gasteiger partial charge in [0.15, 0.2) is 0 Å². The van der Waals surface area contributed by atoms with Gasteiger partial charge in [-0.15, -0.1) is 0 Å². The molecule has 2 aromatic rings. The summed E-state index contributed by atoms with van der Waals surface area (Å²) in [5, 5.41) is 21.0. The number of carboxylic acid groups (broad SMARTS) is 1. The first-order valence-corrected chi connectivity index (χ1v) is 6.66. The van der Waals surface area contributed by atoms with Crippen LogP contribution >= 0.6 is 0 Å². The molecule has 1 atom stereocenters. The molecule has 0 fully saturated rings. The second-order valence-electron chi connectivity index (χ2n) is 5.35. The monoisotopic (exact) mass is 288 g/mol. The van der Waals surface area contributed by atoms with Crippen LogP contribution in [0.3, 0.4) is 0 Å². The van der Waals surface area contributed by atoms with Gasteiger partial charge >= 0.3 is 5.97 Å². The number of carbonyl (C=O) groups is 1. The summed E-state index contributed by atoms with van der Waals surface area (Å²) >= 11 is 0. The normalized spacial score (nSPS) is 12.5. The number of aliphatic carboxylic acids is 1. The fraction of sp³-hybridized carbons (Fsp3) is 0.333. The van der Waals surface area contributed by atoms with E-state index in [9.17, 15) is 20.0 Å². The Bertz CT molecular complexity index is 697. The van der Waals surface area contributed by atoms with Gasteiger partial charge in [-0.05, 0) is 24.0 Å². The van der Waals surface area contributed by atoms with Gasteiger partial charge in [-0.1, -0.05) is 26.0 Å². The van der Waals surface area contributed by atoms with Crippen molar-refractivity contribution in [3.63, 3.8) is 0 Å². The van der Waals surface area contributed by atoms with E-state index < -0.39 is 16.8 Å². The van der Waals surface area contributed by atoms with Crippen molar-refractivity contribution in [2.75, 3.05) is 0 Å². The molecule has 110 valence electrons. The van der Waals surface area contributed by atoms with Gasteiger partial charge in [0.25, 0.3) is 5.69 Å². The highest BCUT2D eigenvalue weighted by molar-refractivity contribution is 5.93. The molecule has 0 aliphatic heterocycles. The zero-order valence-corrected chi connectivity index (χ0v) is 11.8. The summed E-state index contributed by atoms with van der Waals surface area (Å²) in [5.41, 5.74) is 0.697. The number of aromatic nitrogens is 1. The lowest BCUT2D eigenvalue weighted by Crippen LogP contribution is -2.14. The van der Waals surface area contributed by atoms with Crippen LogP contribution in [0.4, 0.5) is 5.69 Å². The standard InChI is InChI=1S/C15H16N2O4/c1-9(2)8-12(15(18)19)10-5-6-13(17(20)21)14-11(10)4-3-7-16-14/h3-7,9,12H,8H2,1-2H3,(H,18,19). The number of fused-ring (bicyclic) bond motifs is 1. The van der Waals surface area contributed by atoms with E-state index in [0.29, 0.717) is 17.4 Å². The van der Waals surface area contributed by atoms with Crippen LogP contribution in [-0.2, 0) is 4.79 Å². The highest BCUT2D eigenvalue weighted by Gasteiger charge is 2.25. The van der Waals surface area contributed by atoms with Crippen molar-refractivity contribution in [2.24, 2.45) is 5.92 Å². The maximum absolute atomic E-state index is 11.5. The molecule has 0 amide bonds. The van der Waals surface area contributed by atoms with Crippen molar-refractivity contribution >= 4 is 22.6 Å². The highest BCUT2D eigenvalue weighted by atomic mass is 16.6. The number of carboxylic acids is 1. The number of nitrogens with zero attached hydrogens (tertiary/aromatic N) is 2. The Labute approximate surface area is 121 Å². The van der Waals surface area contributed by atoms with Gasteiger partial charge in [0, 0.05) is 17.6 Å². The van der Waals surface area contributed by atoms with Gasteiger partial charge in [-0.3, -0.25) is 14.9 Å². The first-order valence-electron chi connectivity index (χ1n) is 6.66. The molecule has 21 heavy (non-hydrogen) atoms. The Morgan fingerprint density at radius 1 is 1.38 bits per heavy atom. The molecule has 1 N–H and O–H groups in total. The van der Waals surface area contributed by atoms with Crippen LogP contribution in [0.5, 0.6) is 0 Å². The summed E-state index contributed by atoms with van der Waals surface area (Å²) in [6.45, 7) is 3.89. The van der Waals surface area contributed by atoms with Crippen LogP contribution in [0, 0.1) is 16.0 Å². The minimum absolute atomic E-state index is 0.108. The van der Waals surface area contributed by atoms with E-state index in [4.69, 9.17) is 0 Å². The smallest absolute Gasteiger partial charge is 0.311 e. The van der Waals surface area contributed by atoms with Gasteiger partial charge in [0.1, 0.15) is 5.52 Å². The minimum atomic E-state index is -0.928. The number of nitro benzene ring substituents is 1. The van der Waals surface area contributed by atoms with Gasteiger partial charge in [-0.25, -0.2) is 4.98 Å². The summed E-state index contributed by atoms with van der Waals surface area (Å²) in [6.07, 6.45) is 1.94. The van der Waals surface area contributed by atoms with E-state index in [1.807, 2.05) is 13.8 Å². The Morgan fingerprint density at radius 3 is 2.67 bits per heavy atom. The summed E-state index contributed by atoms with van der Waals surface area (Å²) in [7, 11) is 0. The Balaban J connectivity index is 2.67. The predicted molar refractivity (Wildman–Crippen MR) is 78.2 cm³/mol. The lowest BCUT2D eigenvalue weighted by Gasteiger charge is -2.17. The highest BCUT2D eigenvalue weighted by Crippen LogP contribution is 2.33. The Hall–Kier alpha value is -2.50. The zero-order chi connectivity index (χ0) is 15.6. The molecule has 1 aromatic carbocycles. The van der Waals surface area contributed by atoms with Gasteiger partial charge in [-0.2, -0.15) is 0 Å². The van der Waals surface area contributed by atoms with E-state index in [-0.39, 0.29) is 17.1 Å². The predicted octanol–water partition coefficient (Wildman–Crippen LogP) is 3.36. The number of pyridine rings is 1. The molecule has 0 radical (unpaired) electrons. The zero-order valence-electron chi connectivity index (χ0n) is 11.8. The van der Waals surface area contributed by atoms with Crippen molar-refractivity contribution in [2.45, 2.75) is 26.2 Å². The molecule has 2 rings (SSSR count). The average Bonchev–Trinajstić information content (AvgIpc) is 2.43. The van der Waals surface area contributed by atoms with Crippen molar-refractivity contribution in [3.8, 4) is 0 Å². The maximum atomic E-state index is 11.5. The van der Waals surface area contributed by atoms with Crippen molar-refractivity contribution in [3.05, 3.63) is 46.1 Å². The molecule has 0 aliphatic carbocycles. The molecule has 6 heteroatoms. The molecule has 0 saturated heterocycles. The third-order valence-corrected chi connectivity index (χ3v) is 3.36. The minimum Gasteiger partial charge on any atom is -0.481 e.